The first-order valence-corrected chi connectivity index (χ1v) is 6.37. The number of methoxy groups -OCH3 is 1. The number of benzene rings is 1. The molecule has 1 heterocycles. The summed E-state index contributed by atoms with van der Waals surface area (Å²) in [5, 5.41) is 2.79. The van der Waals surface area contributed by atoms with Gasteiger partial charge in [-0.25, -0.2) is 4.98 Å². The maximum Gasteiger partial charge on any atom is 0.416 e. The van der Waals surface area contributed by atoms with Crippen molar-refractivity contribution < 1.29 is 17.9 Å². The molecular weight excluding hydrogens is 299 g/mol. The highest BCUT2D eigenvalue weighted by Gasteiger charge is 2.30. The molecule has 8 heteroatoms. The molecular formula is C14H14F3N3O2. The number of hydrogen-bond acceptors (Lipinski definition) is 4. The van der Waals surface area contributed by atoms with Crippen LogP contribution in [-0.4, -0.2) is 17.1 Å². The average Bonchev–Trinajstić information content (AvgIpc) is 2.44. The molecule has 0 fully saturated rings. The van der Waals surface area contributed by atoms with Crippen molar-refractivity contribution in [1.29, 1.82) is 0 Å². The normalized spacial score (nSPS) is 11.5. The largest absolute Gasteiger partial charge is 0.416 e. The summed E-state index contributed by atoms with van der Waals surface area (Å²) in [4.78, 5) is 18.0. The molecule has 0 radical (unpaired) electrons. The Balaban J connectivity index is 2.12. The summed E-state index contributed by atoms with van der Waals surface area (Å²) in [6.07, 6.45) is -4.39. The van der Waals surface area contributed by atoms with Crippen molar-refractivity contribution in [2.75, 3.05) is 12.4 Å². The topological polar surface area (TPSA) is 67.0 Å². The van der Waals surface area contributed by atoms with Crippen molar-refractivity contribution in [2.45, 2.75) is 19.3 Å². The highest BCUT2D eigenvalue weighted by atomic mass is 19.4. The Morgan fingerprint density at radius 2 is 2.09 bits per heavy atom. The summed E-state index contributed by atoms with van der Waals surface area (Å²) in [6, 6.07) is 6.22. The standard InChI is InChI=1S/C14H14F3N3O2/c1-22-8-11-6-12(21)20-13(19-11)18-7-9-3-2-4-10(5-9)14(15,16)17/h2-6H,7-8H2,1H3,(H2,18,19,20,21). The number of aromatic amines is 1. The van der Waals surface area contributed by atoms with Crippen LogP contribution in [0.5, 0.6) is 0 Å². The first-order chi connectivity index (χ1) is 10.4. The zero-order chi connectivity index (χ0) is 16.2. The van der Waals surface area contributed by atoms with Crippen LogP contribution in [0.1, 0.15) is 16.8 Å². The van der Waals surface area contributed by atoms with Crippen LogP contribution < -0.4 is 10.9 Å². The number of nitrogens with zero attached hydrogens (tertiary/aromatic N) is 1. The second-order valence-electron chi connectivity index (χ2n) is 4.57. The molecule has 0 spiro atoms. The minimum Gasteiger partial charge on any atom is -0.378 e. The first kappa shape index (κ1) is 16.0. The van der Waals surface area contributed by atoms with Gasteiger partial charge in [-0.05, 0) is 17.7 Å². The van der Waals surface area contributed by atoms with Crippen molar-refractivity contribution in [2.24, 2.45) is 0 Å². The molecule has 2 N–H and O–H groups in total. The van der Waals surface area contributed by atoms with E-state index in [4.69, 9.17) is 4.74 Å². The molecule has 0 bridgehead atoms. The molecule has 1 aromatic heterocycles. The van der Waals surface area contributed by atoms with Crippen LogP contribution >= 0.6 is 0 Å². The molecule has 118 valence electrons. The average molecular weight is 313 g/mol. The molecule has 0 aliphatic carbocycles. The summed E-state index contributed by atoms with van der Waals surface area (Å²) in [5.41, 5.74) is -0.234. The molecule has 0 aliphatic rings. The molecule has 0 saturated carbocycles. The van der Waals surface area contributed by atoms with Crippen LogP contribution in [0, 0.1) is 0 Å². The van der Waals surface area contributed by atoms with E-state index in [1.807, 2.05) is 0 Å². The molecule has 0 unspecified atom stereocenters. The summed E-state index contributed by atoms with van der Waals surface area (Å²) < 4.78 is 42.8. The van der Waals surface area contributed by atoms with Crippen molar-refractivity contribution in [3.8, 4) is 0 Å². The van der Waals surface area contributed by atoms with Gasteiger partial charge < -0.3 is 10.1 Å². The molecule has 0 atom stereocenters. The number of halogens is 3. The van der Waals surface area contributed by atoms with E-state index in [0.29, 0.717) is 11.3 Å². The smallest absolute Gasteiger partial charge is 0.378 e. The van der Waals surface area contributed by atoms with Gasteiger partial charge >= 0.3 is 6.18 Å². The van der Waals surface area contributed by atoms with Crippen LogP contribution in [0.15, 0.2) is 35.1 Å². The van der Waals surface area contributed by atoms with Gasteiger partial charge in [0.05, 0.1) is 17.9 Å². The third kappa shape index (κ3) is 4.32. The van der Waals surface area contributed by atoms with Gasteiger partial charge in [0, 0.05) is 19.7 Å². The molecule has 0 saturated heterocycles. The number of ether oxygens (including phenoxy) is 1. The van der Waals surface area contributed by atoms with Gasteiger partial charge in [-0.15, -0.1) is 0 Å². The molecule has 5 nitrogen and oxygen atoms in total. The second-order valence-corrected chi connectivity index (χ2v) is 4.57. The Kier molecular flexibility index (Phi) is 4.81. The minimum atomic E-state index is -4.39. The fourth-order valence-electron chi connectivity index (χ4n) is 1.86. The number of nitrogens with one attached hydrogen (secondary N) is 2. The van der Waals surface area contributed by atoms with E-state index in [-0.39, 0.29) is 24.7 Å². The molecule has 1 aromatic carbocycles. The number of alkyl halides is 3. The SMILES string of the molecule is COCc1cc(=O)[nH]c(NCc2cccc(C(F)(F)F)c2)n1. The fraction of sp³-hybridized carbons (Fsp3) is 0.286. The number of hydrogen-bond donors (Lipinski definition) is 2. The van der Waals surface area contributed by atoms with Crippen LogP contribution in [-0.2, 0) is 24.1 Å². The first-order valence-electron chi connectivity index (χ1n) is 6.37. The van der Waals surface area contributed by atoms with Crippen molar-refractivity contribution in [3.05, 3.63) is 57.5 Å². The summed E-state index contributed by atoms with van der Waals surface area (Å²) >= 11 is 0. The zero-order valence-electron chi connectivity index (χ0n) is 11.7. The van der Waals surface area contributed by atoms with Crippen molar-refractivity contribution >= 4 is 5.95 Å². The molecule has 2 rings (SSSR count). The minimum absolute atomic E-state index is 0.100. The van der Waals surface area contributed by atoms with Gasteiger partial charge in [0.2, 0.25) is 5.95 Å². The molecule has 22 heavy (non-hydrogen) atoms. The highest BCUT2D eigenvalue weighted by molar-refractivity contribution is 5.31. The Morgan fingerprint density at radius 1 is 1.32 bits per heavy atom. The summed E-state index contributed by atoms with van der Waals surface area (Å²) in [5.74, 6) is 0.178. The lowest BCUT2D eigenvalue weighted by Gasteiger charge is -2.10. The van der Waals surface area contributed by atoms with Gasteiger partial charge in [-0.1, -0.05) is 12.1 Å². The Hall–Kier alpha value is -2.35. The lowest BCUT2D eigenvalue weighted by molar-refractivity contribution is -0.137. The quantitative estimate of drug-likeness (QED) is 0.890. The van der Waals surface area contributed by atoms with Crippen LogP contribution in [0.2, 0.25) is 0 Å². The van der Waals surface area contributed by atoms with Gasteiger partial charge in [-0.2, -0.15) is 13.2 Å². The number of H-pyrrole nitrogens is 1. The van der Waals surface area contributed by atoms with Crippen molar-refractivity contribution in [3.63, 3.8) is 0 Å². The fourth-order valence-corrected chi connectivity index (χ4v) is 1.86. The van der Waals surface area contributed by atoms with Gasteiger partial charge in [0.1, 0.15) is 0 Å². The third-order valence-corrected chi connectivity index (χ3v) is 2.80. The predicted octanol–water partition coefficient (Wildman–Crippen LogP) is 2.55. The van der Waals surface area contributed by atoms with E-state index in [9.17, 15) is 18.0 Å². The van der Waals surface area contributed by atoms with Crippen LogP contribution in [0.4, 0.5) is 19.1 Å². The molecule has 0 amide bonds. The van der Waals surface area contributed by atoms with Gasteiger partial charge in [0.15, 0.2) is 0 Å². The van der Waals surface area contributed by atoms with E-state index >= 15 is 0 Å². The Morgan fingerprint density at radius 3 is 2.77 bits per heavy atom. The predicted molar refractivity (Wildman–Crippen MR) is 74.3 cm³/mol. The molecule has 0 aliphatic heterocycles. The van der Waals surface area contributed by atoms with E-state index in [1.54, 1.807) is 6.07 Å². The monoisotopic (exact) mass is 313 g/mol. The van der Waals surface area contributed by atoms with Crippen LogP contribution in [0.3, 0.4) is 0 Å². The van der Waals surface area contributed by atoms with E-state index in [0.717, 1.165) is 12.1 Å². The van der Waals surface area contributed by atoms with Crippen molar-refractivity contribution in [1.82, 2.24) is 9.97 Å². The van der Waals surface area contributed by atoms with Gasteiger partial charge in [-0.3, -0.25) is 9.78 Å². The van der Waals surface area contributed by atoms with E-state index in [2.05, 4.69) is 15.3 Å². The highest BCUT2D eigenvalue weighted by Crippen LogP contribution is 2.29. The van der Waals surface area contributed by atoms with E-state index in [1.165, 1.54) is 19.2 Å². The number of rotatable bonds is 5. The van der Waals surface area contributed by atoms with E-state index < -0.39 is 11.7 Å². The zero-order valence-corrected chi connectivity index (χ0v) is 11.7. The number of anilines is 1. The number of aromatic nitrogens is 2. The maximum absolute atomic E-state index is 12.6. The summed E-state index contributed by atoms with van der Waals surface area (Å²) in [6.45, 7) is 0.269. The molecule has 2 aromatic rings. The summed E-state index contributed by atoms with van der Waals surface area (Å²) in [7, 11) is 1.47. The third-order valence-electron chi connectivity index (χ3n) is 2.80. The van der Waals surface area contributed by atoms with Crippen LogP contribution in [0.25, 0.3) is 0 Å². The Bertz CT molecular complexity index is 698. The second kappa shape index (κ2) is 6.61. The Labute approximate surface area is 124 Å². The van der Waals surface area contributed by atoms with Gasteiger partial charge in [0.25, 0.3) is 5.56 Å². The lowest BCUT2D eigenvalue weighted by Crippen LogP contribution is -2.14. The lowest BCUT2D eigenvalue weighted by atomic mass is 10.1. The maximum atomic E-state index is 12.6.